The van der Waals surface area contributed by atoms with Crippen molar-refractivity contribution in [3.63, 3.8) is 0 Å². The monoisotopic (exact) mass is 684 g/mol. The number of esters is 3. The molecule has 0 bridgehead atoms. The minimum atomic E-state index is -1.18. The second-order valence-corrected chi connectivity index (χ2v) is 15.2. The van der Waals surface area contributed by atoms with Gasteiger partial charge in [-0.1, -0.05) is 42.5 Å². The number of fused-ring (bicyclic) bond motifs is 1. The zero-order valence-corrected chi connectivity index (χ0v) is 30.6. The fourth-order valence-electron chi connectivity index (χ4n) is 4.79. The molecule has 0 saturated carbocycles. The van der Waals surface area contributed by atoms with Crippen molar-refractivity contribution < 1.29 is 38.2 Å². The summed E-state index contributed by atoms with van der Waals surface area (Å²) in [5.74, 6) is -2.19. The minimum Gasteiger partial charge on any atom is -0.460 e. The topological polar surface area (TPSA) is 175 Å². The van der Waals surface area contributed by atoms with Crippen molar-refractivity contribution in [3.8, 4) is 0 Å². The molecule has 2 aromatic carbocycles. The number of amides is 3. The van der Waals surface area contributed by atoms with E-state index in [-0.39, 0.29) is 25.2 Å². The van der Waals surface area contributed by atoms with Gasteiger partial charge in [-0.25, -0.2) is 14.4 Å². The summed E-state index contributed by atoms with van der Waals surface area (Å²) < 4.78 is 16.3. The maximum atomic E-state index is 13.1. The van der Waals surface area contributed by atoms with Crippen LogP contribution in [0.15, 0.2) is 42.5 Å². The van der Waals surface area contributed by atoms with Crippen LogP contribution in [0.25, 0.3) is 10.8 Å². The van der Waals surface area contributed by atoms with Crippen molar-refractivity contribution >= 4 is 40.6 Å². The first-order valence-corrected chi connectivity index (χ1v) is 16.9. The lowest BCUT2D eigenvalue weighted by Gasteiger charge is -2.27. The van der Waals surface area contributed by atoms with Crippen LogP contribution in [0, 0.1) is 0 Å². The van der Waals surface area contributed by atoms with Gasteiger partial charge in [0.05, 0.1) is 6.04 Å². The molecule has 0 fully saturated rings. The van der Waals surface area contributed by atoms with Crippen LogP contribution in [0.5, 0.6) is 0 Å². The lowest BCUT2D eigenvalue weighted by Crippen LogP contribution is -2.53. The van der Waals surface area contributed by atoms with E-state index in [0.29, 0.717) is 25.8 Å². The Morgan fingerprint density at radius 2 is 1.22 bits per heavy atom. The van der Waals surface area contributed by atoms with Crippen LogP contribution in [0.4, 0.5) is 4.79 Å². The number of carbonyl (C=O) groups excluding carboxylic acids is 5. The summed E-state index contributed by atoms with van der Waals surface area (Å²) >= 11 is 0. The minimum absolute atomic E-state index is 0.0724. The zero-order valence-electron chi connectivity index (χ0n) is 30.6. The second-order valence-electron chi connectivity index (χ2n) is 15.2. The lowest BCUT2D eigenvalue weighted by atomic mass is 10.0. The first-order chi connectivity index (χ1) is 22.6. The van der Waals surface area contributed by atoms with Crippen LogP contribution >= 0.6 is 0 Å². The maximum absolute atomic E-state index is 13.1. The van der Waals surface area contributed by atoms with Gasteiger partial charge in [-0.3, -0.25) is 9.59 Å². The Morgan fingerprint density at radius 1 is 0.694 bits per heavy atom. The number of hydrogen-bond donors (Lipinski definition) is 4. The molecular weight excluding hydrogens is 628 g/mol. The molecule has 0 aliphatic heterocycles. The molecule has 3 amide bonds. The molecule has 0 spiro atoms. The van der Waals surface area contributed by atoms with Gasteiger partial charge < -0.3 is 35.9 Å². The van der Waals surface area contributed by atoms with E-state index < -0.39 is 58.9 Å². The standard InChI is InChI=1S/C37H56N4O8/c1-35(2,3)47-30(42)20-19-29(33(45)49-37(7,8)9)41-34(46)40-28(32(44)48-36(4,5)6)16-12-13-21-39-31(43)27(38)23-24-17-18-25-14-10-11-15-26(25)22-24/h10-11,14-15,17-18,22,27-29H,12-13,16,19-21,23,38H2,1-9H3,(H,39,43)(H2,40,41,46). The Labute approximate surface area is 290 Å². The van der Waals surface area contributed by atoms with Gasteiger partial charge in [0.15, 0.2) is 0 Å². The van der Waals surface area contributed by atoms with E-state index in [4.69, 9.17) is 19.9 Å². The fourth-order valence-corrected chi connectivity index (χ4v) is 4.79. The van der Waals surface area contributed by atoms with Crippen molar-refractivity contribution in [3.05, 3.63) is 48.0 Å². The summed E-state index contributed by atoms with van der Waals surface area (Å²) in [5.41, 5.74) is 4.78. The van der Waals surface area contributed by atoms with Crippen molar-refractivity contribution in [1.82, 2.24) is 16.0 Å². The molecule has 2 aromatic rings. The Kier molecular flexibility index (Phi) is 15.0. The summed E-state index contributed by atoms with van der Waals surface area (Å²) in [6.07, 6.45) is 1.34. The third-order valence-corrected chi connectivity index (χ3v) is 6.88. The highest BCUT2D eigenvalue weighted by Gasteiger charge is 2.31. The molecule has 5 N–H and O–H groups in total. The number of unbranched alkanes of at least 4 members (excludes halogenated alkanes) is 1. The molecule has 12 heteroatoms. The Hall–Kier alpha value is -4.19. The van der Waals surface area contributed by atoms with Gasteiger partial charge in [0.25, 0.3) is 0 Å². The number of rotatable bonds is 15. The van der Waals surface area contributed by atoms with Crippen LogP contribution in [0.3, 0.4) is 0 Å². The predicted molar refractivity (Wildman–Crippen MR) is 189 cm³/mol. The first kappa shape index (κ1) is 41.0. The molecule has 0 aliphatic rings. The van der Waals surface area contributed by atoms with E-state index in [1.807, 2.05) is 42.5 Å². The summed E-state index contributed by atoms with van der Waals surface area (Å²) in [5, 5.41) is 10.2. The highest BCUT2D eigenvalue weighted by atomic mass is 16.6. The van der Waals surface area contributed by atoms with Gasteiger partial charge in [-0.2, -0.15) is 0 Å². The SMILES string of the molecule is CC(C)(C)OC(=O)CCC(NC(=O)NC(CCCCNC(=O)C(N)Cc1ccc2ccccc2c1)C(=O)OC(C)(C)C)C(=O)OC(C)(C)C. The number of ether oxygens (including phenoxy) is 3. The molecule has 0 aliphatic carbocycles. The van der Waals surface area contributed by atoms with Gasteiger partial charge in [0.1, 0.15) is 28.9 Å². The molecule has 49 heavy (non-hydrogen) atoms. The molecule has 272 valence electrons. The summed E-state index contributed by atoms with van der Waals surface area (Å²) in [6.45, 7) is 15.7. The van der Waals surface area contributed by atoms with E-state index >= 15 is 0 Å². The number of nitrogens with one attached hydrogen (secondary N) is 3. The highest BCUT2D eigenvalue weighted by molar-refractivity contribution is 5.88. The Balaban J connectivity index is 1.97. The van der Waals surface area contributed by atoms with Crippen LogP contribution in [0.1, 0.15) is 100.0 Å². The van der Waals surface area contributed by atoms with E-state index in [2.05, 4.69) is 16.0 Å². The Bertz CT molecular complexity index is 1440. The molecule has 0 aromatic heterocycles. The van der Waals surface area contributed by atoms with Gasteiger partial charge in [-0.05, 0) is 111 Å². The van der Waals surface area contributed by atoms with Crippen LogP contribution in [-0.4, -0.2) is 71.3 Å². The number of carbonyl (C=O) groups is 5. The quantitative estimate of drug-likeness (QED) is 0.116. The highest BCUT2D eigenvalue weighted by Crippen LogP contribution is 2.17. The third kappa shape index (κ3) is 16.7. The average Bonchev–Trinajstić information content (AvgIpc) is 2.95. The smallest absolute Gasteiger partial charge is 0.329 e. The molecule has 0 radical (unpaired) electrons. The summed E-state index contributed by atoms with van der Waals surface area (Å²) in [7, 11) is 0. The molecule has 0 heterocycles. The number of urea groups is 1. The van der Waals surface area contributed by atoms with Crippen molar-refractivity contribution in [2.24, 2.45) is 5.73 Å². The van der Waals surface area contributed by atoms with Crippen molar-refractivity contribution in [2.45, 2.75) is 136 Å². The summed E-state index contributed by atoms with van der Waals surface area (Å²) in [6, 6.07) is 10.2. The summed E-state index contributed by atoms with van der Waals surface area (Å²) in [4.78, 5) is 64.2. The third-order valence-electron chi connectivity index (χ3n) is 6.88. The van der Waals surface area contributed by atoms with Gasteiger partial charge in [0.2, 0.25) is 5.91 Å². The number of benzene rings is 2. The van der Waals surface area contributed by atoms with E-state index in [1.54, 1.807) is 62.3 Å². The van der Waals surface area contributed by atoms with Gasteiger partial charge in [0, 0.05) is 13.0 Å². The van der Waals surface area contributed by atoms with Crippen LogP contribution in [-0.2, 0) is 39.8 Å². The largest absolute Gasteiger partial charge is 0.460 e. The number of nitrogens with two attached hydrogens (primary N) is 1. The average molecular weight is 685 g/mol. The maximum Gasteiger partial charge on any atom is 0.329 e. The molecule has 0 saturated heterocycles. The zero-order chi connectivity index (χ0) is 37.0. The Morgan fingerprint density at radius 3 is 1.78 bits per heavy atom. The number of hydrogen-bond acceptors (Lipinski definition) is 9. The van der Waals surface area contributed by atoms with Crippen molar-refractivity contribution in [1.29, 1.82) is 0 Å². The normalized spacial score (nSPS) is 13.8. The van der Waals surface area contributed by atoms with E-state index in [9.17, 15) is 24.0 Å². The lowest BCUT2D eigenvalue weighted by molar-refractivity contribution is -0.159. The van der Waals surface area contributed by atoms with Crippen LogP contribution in [0.2, 0.25) is 0 Å². The second kappa shape index (κ2) is 18.0. The molecule has 12 nitrogen and oxygen atoms in total. The molecule has 3 atom stereocenters. The van der Waals surface area contributed by atoms with E-state index in [1.165, 1.54) is 0 Å². The van der Waals surface area contributed by atoms with Crippen LogP contribution < -0.4 is 21.7 Å². The van der Waals surface area contributed by atoms with E-state index in [0.717, 1.165) is 16.3 Å². The van der Waals surface area contributed by atoms with Gasteiger partial charge in [-0.15, -0.1) is 0 Å². The molecular formula is C37H56N4O8. The fraction of sp³-hybridized carbons (Fsp3) is 0.595. The van der Waals surface area contributed by atoms with Crippen molar-refractivity contribution in [2.75, 3.05) is 6.54 Å². The first-order valence-electron chi connectivity index (χ1n) is 16.9. The predicted octanol–water partition coefficient (Wildman–Crippen LogP) is 4.84. The van der Waals surface area contributed by atoms with Gasteiger partial charge >= 0.3 is 23.9 Å². The molecule has 3 unspecified atom stereocenters. The molecule has 2 rings (SSSR count).